The van der Waals surface area contributed by atoms with Crippen LogP contribution in [0, 0.1) is 0 Å². The van der Waals surface area contributed by atoms with Crippen LogP contribution in [0.15, 0.2) is 120 Å². The molecule has 280 valence electrons. The normalized spacial score (nSPS) is 21.8. The topological polar surface area (TPSA) is 64.6 Å². The highest BCUT2D eigenvalue weighted by Gasteiger charge is 2.50. The Hall–Kier alpha value is -4.38. The number of hydrogen-bond donors (Lipinski definition) is 0. The van der Waals surface area contributed by atoms with E-state index in [4.69, 9.17) is 33.2 Å². The number of ether oxygens (including phenoxy) is 7. The van der Waals surface area contributed by atoms with Gasteiger partial charge in [-0.05, 0) is 46.0 Å². The van der Waals surface area contributed by atoms with Gasteiger partial charge in [0.15, 0.2) is 6.17 Å². The summed E-state index contributed by atoms with van der Waals surface area (Å²) in [5.74, 6) is 3.34. The van der Waals surface area contributed by atoms with E-state index >= 15 is 4.39 Å². The van der Waals surface area contributed by atoms with Crippen LogP contribution in [-0.2, 0) is 51.6 Å². The third-order valence-electron chi connectivity index (χ3n) is 10.1. The first-order valence-electron chi connectivity index (χ1n) is 18.6. The monoisotopic (exact) mass is 748 g/mol. The smallest absolute Gasteiger partial charge is 0.157 e. The summed E-state index contributed by atoms with van der Waals surface area (Å²) in [6.07, 6.45) is -3.71. The van der Waals surface area contributed by atoms with Crippen LogP contribution >= 0.6 is 11.8 Å². The maximum atomic E-state index is 17.0. The molecule has 0 N–H and O–H groups in total. The zero-order valence-corrected chi connectivity index (χ0v) is 31.2. The van der Waals surface area contributed by atoms with Crippen LogP contribution in [0.1, 0.15) is 45.0 Å². The number of methoxy groups -OCH3 is 1. The van der Waals surface area contributed by atoms with E-state index in [0.717, 1.165) is 61.1 Å². The zero-order valence-electron chi connectivity index (χ0n) is 30.4. The van der Waals surface area contributed by atoms with Gasteiger partial charge in [0.05, 0.1) is 46.8 Å². The van der Waals surface area contributed by atoms with Crippen LogP contribution in [0.5, 0.6) is 17.2 Å². The van der Waals surface area contributed by atoms with Crippen LogP contribution < -0.4 is 14.2 Å². The van der Waals surface area contributed by atoms with Crippen LogP contribution in [-0.4, -0.2) is 57.2 Å². The Morgan fingerprint density at radius 1 is 0.722 bits per heavy atom. The van der Waals surface area contributed by atoms with Crippen molar-refractivity contribution < 1.29 is 37.5 Å². The summed E-state index contributed by atoms with van der Waals surface area (Å²) in [4.78, 5) is 1.14. The fraction of sp³-hybridized carbons (Fsp3) is 0.333. The Kier molecular flexibility index (Phi) is 11.8. The molecular weight excluding hydrogens is 704 g/mol. The lowest BCUT2D eigenvalue weighted by Gasteiger charge is -2.44. The second kappa shape index (κ2) is 17.4. The van der Waals surface area contributed by atoms with Crippen molar-refractivity contribution in [3.05, 3.63) is 154 Å². The van der Waals surface area contributed by atoms with Gasteiger partial charge in [-0.1, -0.05) is 97.1 Å². The van der Waals surface area contributed by atoms with Gasteiger partial charge in [0.1, 0.15) is 41.7 Å². The maximum Gasteiger partial charge on any atom is 0.157 e. The van der Waals surface area contributed by atoms with Gasteiger partial charge in [0, 0.05) is 34.6 Å². The molecule has 5 aromatic rings. The minimum atomic E-state index is -1.54. The molecule has 1 fully saturated rings. The molecule has 0 aromatic heterocycles. The summed E-state index contributed by atoms with van der Waals surface area (Å²) in [5.41, 5.74) is 6.80. The first-order valence-corrected chi connectivity index (χ1v) is 19.6. The second-order valence-electron chi connectivity index (χ2n) is 13.8. The van der Waals surface area contributed by atoms with E-state index < -0.39 is 30.6 Å². The van der Waals surface area contributed by atoms with Crippen molar-refractivity contribution in [2.75, 3.05) is 32.7 Å². The molecule has 3 aliphatic rings. The summed E-state index contributed by atoms with van der Waals surface area (Å²) < 4.78 is 61.7. The summed E-state index contributed by atoms with van der Waals surface area (Å²) in [5, 5.41) is 0. The van der Waals surface area contributed by atoms with Crippen molar-refractivity contribution >= 4 is 11.8 Å². The van der Waals surface area contributed by atoms with Gasteiger partial charge in [-0.15, -0.1) is 11.8 Å². The number of benzene rings is 5. The molecular formula is C45H45FO7S. The quantitative estimate of drug-likeness (QED) is 0.112. The first-order chi connectivity index (χ1) is 26.6. The van der Waals surface area contributed by atoms with Crippen LogP contribution in [0.3, 0.4) is 0 Å². The molecule has 0 saturated carbocycles. The predicted molar refractivity (Wildman–Crippen MR) is 206 cm³/mol. The minimum absolute atomic E-state index is 0.0318. The molecule has 9 heteroatoms. The van der Waals surface area contributed by atoms with E-state index in [-0.39, 0.29) is 19.8 Å². The fourth-order valence-electron chi connectivity index (χ4n) is 7.51. The Balaban J connectivity index is 1.17. The van der Waals surface area contributed by atoms with E-state index in [1.165, 1.54) is 0 Å². The van der Waals surface area contributed by atoms with Crippen molar-refractivity contribution in [3.63, 3.8) is 0 Å². The number of rotatable bonds is 14. The second-order valence-corrected chi connectivity index (χ2v) is 14.9. The Morgan fingerprint density at radius 3 is 2.07 bits per heavy atom. The predicted octanol–water partition coefficient (Wildman–Crippen LogP) is 8.87. The van der Waals surface area contributed by atoms with Crippen LogP contribution in [0.4, 0.5) is 4.39 Å². The molecule has 0 radical (unpaired) electrons. The van der Waals surface area contributed by atoms with Gasteiger partial charge in [0.2, 0.25) is 0 Å². The average Bonchev–Trinajstić information content (AvgIpc) is 3.71. The van der Waals surface area contributed by atoms with Gasteiger partial charge in [-0.2, -0.15) is 0 Å². The molecule has 0 spiro atoms. The zero-order chi connectivity index (χ0) is 36.7. The third-order valence-corrected chi connectivity index (χ3v) is 11.1. The number of halogens is 1. The largest absolute Gasteiger partial charge is 0.496 e. The lowest BCUT2D eigenvalue weighted by atomic mass is 9.87. The lowest BCUT2D eigenvalue weighted by Crippen LogP contribution is -2.55. The standard InChI is InChI=1S/C45H45FO7S/c1-47-41-34(23-33-17-18-37-39(24-33)54-22-21-49-37)25-36(42-35(41)19-20-50-42)43-45(52-28-32-15-9-4-10-16-32)44(51-27-31-13-7-3-8-14-31)40(46)38(53-43)29-48-26-30-11-5-2-6-12-30/h2-18,24-25,38,40,43-45H,19-23,26-29H2,1H3/t38-,40-,43+,44+,45+/m1/s1. The van der Waals surface area contributed by atoms with Crippen molar-refractivity contribution in [2.24, 2.45) is 0 Å². The van der Waals surface area contributed by atoms with E-state index in [1.54, 1.807) is 7.11 Å². The molecule has 0 bridgehead atoms. The molecule has 3 aliphatic heterocycles. The molecule has 3 heterocycles. The van der Waals surface area contributed by atoms with Gasteiger partial charge < -0.3 is 33.2 Å². The number of alkyl halides is 1. The first kappa shape index (κ1) is 36.6. The van der Waals surface area contributed by atoms with Gasteiger partial charge in [-0.25, -0.2) is 4.39 Å². The number of hydrogen-bond acceptors (Lipinski definition) is 8. The van der Waals surface area contributed by atoms with Gasteiger partial charge in [0.25, 0.3) is 0 Å². The highest BCUT2D eigenvalue weighted by atomic mass is 32.2. The highest BCUT2D eigenvalue weighted by molar-refractivity contribution is 7.99. The highest BCUT2D eigenvalue weighted by Crippen LogP contribution is 2.48. The Morgan fingerprint density at radius 2 is 1.39 bits per heavy atom. The van der Waals surface area contributed by atoms with Gasteiger partial charge in [-0.3, -0.25) is 0 Å². The van der Waals surface area contributed by atoms with Crippen molar-refractivity contribution in [1.29, 1.82) is 0 Å². The van der Waals surface area contributed by atoms with Crippen molar-refractivity contribution in [1.82, 2.24) is 0 Å². The Bertz CT molecular complexity index is 1980. The summed E-state index contributed by atoms with van der Waals surface area (Å²) in [6.45, 7) is 2.03. The minimum Gasteiger partial charge on any atom is -0.496 e. The van der Waals surface area contributed by atoms with E-state index in [1.807, 2.05) is 103 Å². The van der Waals surface area contributed by atoms with Crippen molar-refractivity contribution in [2.45, 2.75) is 68.1 Å². The van der Waals surface area contributed by atoms with E-state index in [0.29, 0.717) is 38.4 Å². The summed E-state index contributed by atoms with van der Waals surface area (Å²) in [6, 6.07) is 38.1. The molecule has 1 saturated heterocycles. The Labute approximate surface area is 320 Å². The summed E-state index contributed by atoms with van der Waals surface area (Å²) >= 11 is 1.81. The number of fused-ring (bicyclic) bond motifs is 2. The van der Waals surface area contributed by atoms with E-state index in [2.05, 4.69) is 24.3 Å². The molecule has 7 nitrogen and oxygen atoms in total. The average molecular weight is 749 g/mol. The van der Waals surface area contributed by atoms with Crippen molar-refractivity contribution in [3.8, 4) is 17.2 Å². The molecule has 0 aliphatic carbocycles. The molecule has 8 rings (SSSR count). The molecule has 0 amide bonds. The van der Waals surface area contributed by atoms with E-state index in [9.17, 15) is 0 Å². The fourth-order valence-corrected chi connectivity index (χ4v) is 8.40. The molecule has 54 heavy (non-hydrogen) atoms. The molecule has 5 aromatic carbocycles. The van der Waals surface area contributed by atoms with Gasteiger partial charge >= 0.3 is 0 Å². The van der Waals surface area contributed by atoms with Crippen LogP contribution in [0.2, 0.25) is 0 Å². The third kappa shape index (κ3) is 8.31. The SMILES string of the molecule is COc1c(Cc2ccc3c(c2)SCCO3)cc([C@@H]2O[C@H](COCc3ccccc3)[C@@H](F)[C@H](OCc3ccccc3)[C@H]2OCc2ccccc2)c2c1CCO2. The molecule has 0 unspecified atom stereocenters. The lowest BCUT2D eigenvalue weighted by molar-refractivity contribution is -0.248. The van der Waals surface area contributed by atoms with Crippen LogP contribution in [0.25, 0.3) is 0 Å². The number of thioether (sulfide) groups is 1. The maximum absolute atomic E-state index is 17.0. The summed E-state index contributed by atoms with van der Waals surface area (Å²) in [7, 11) is 1.71. The molecule has 5 atom stereocenters.